The van der Waals surface area contributed by atoms with E-state index in [0.29, 0.717) is 24.3 Å². The number of benzene rings is 2. The van der Waals surface area contributed by atoms with Crippen molar-refractivity contribution < 1.29 is 26.9 Å². The number of anilines is 1. The second kappa shape index (κ2) is 7.20. The summed E-state index contributed by atoms with van der Waals surface area (Å²) in [5.41, 5.74) is 0.279. The lowest BCUT2D eigenvalue weighted by molar-refractivity contribution is -0.387. The number of halogens is 2. The van der Waals surface area contributed by atoms with Crippen LogP contribution in [0.5, 0.6) is 0 Å². The van der Waals surface area contributed by atoms with Crippen molar-refractivity contribution in [1.29, 1.82) is 0 Å². The largest absolute Gasteiger partial charge is 0.379 e. The highest BCUT2D eigenvalue weighted by atomic mass is 32.2. The average Bonchev–Trinajstić information content (AvgIpc) is 3.04. The van der Waals surface area contributed by atoms with E-state index in [0.717, 1.165) is 24.5 Å². The van der Waals surface area contributed by atoms with E-state index in [1.807, 2.05) is 0 Å². The second-order valence-electron chi connectivity index (χ2n) is 6.22. The Kier molecular flexibility index (Phi) is 5.11. The van der Waals surface area contributed by atoms with Gasteiger partial charge in [0.2, 0.25) is 0 Å². The van der Waals surface area contributed by atoms with Gasteiger partial charge in [0.1, 0.15) is 11.0 Å². The third-order valence-electron chi connectivity index (χ3n) is 4.27. The molecule has 0 saturated carbocycles. The Labute approximate surface area is 154 Å². The molecule has 2 aromatic carbocycles. The molecule has 0 radical (unpaired) electrons. The van der Waals surface area contributed by atoms with Gasteiger partial charge in [0, 0.05) is 24.6 Å². The number of nitro benzene ring substituents is 1. The Bertz CT molecular complexity index is 997. The van der Waals surface area contributed by atoms with Gasteiger partial charge < -0.3 is 10.1 Å². The quantitative estimate of drug-likeness (QED) is 0.613. The molecule has 0 bridgehead atoms. The van der Waals surface area contributed by atoms with Gasteiger partial charge in [-0.1, -0.05) is 6.07 Å². The summed E-state index contributed by atoms with van der Waals surface area (Å²) in [4.78, 5) is 9.89. The first-order valence-corrected chi connectivity index (χ1v) is 9.87. The summed E-state index contributed by atoms with van der Waals surface area (Å²) in [6.07, 6.45) is 0.855. The molecule has 144 valence electrons. The Morgan fingerprint density at radius 3 is 2.56 bits per heavy atom. The molecule has 10 heteroatoms. The highest BCUT2D eigenvalue weighted by Crippen LogP contribution is 2.34. The molecule has 2 aromatic rings. The van der Waals surface area contributed by atoms with Crippen LogP contribution in [-0.2, 0) is 14.6 Å². The van der Waals surface area contributed by atoms with Crippen molar-refractivity contribution >= 4 is 21.2 Å². The first kappa shape index (κ1) is 19.2. The first-order chi connectivity index (χ1) is 12.7. The van der Waals surface area contributed by atoms with Gasteiger partial charge in [0.25, 0.3) is 5.69 Å². The number of rotatable bonds is 5. The lowest BCUT2D eigenvalue weighted by Crippen LogP contribution is -2.23. The van der Waals surface area contributed by atoms with E-state index in [1.165, 1.54) is 18.2 Å². The number of hydrogen-bond donors (Lipinski definition) is 1. The van der Waals surface area contributed by atoms with E-state index in [2.05, 4.69) is 5.32 Å². The van der Waals surface area contributed by atoms with Crippen molar-refractivity contribution in [3.8, 4) is 0 Å². The lowest BCUT2D eigenvalue weighted by Gasteiger charge is -2.21. The summed E-state index contributed by atoms with van der Waals surface area (Å²) in [6, 6.07) is 6.84. The maximum absolute atomic E-state index is 13.5. The zero-order valence-corrected chi connectivity index (χ0v) is 15.0. The average molecular weight is 398 g/mol. The number of hydrogen-bond acceptors (Lipinski definition) is 6. The Hall–Kier alpha value is -2.59. The van der Waals surface area contributed by atoms with Gasteiger partial charge in [-0.2, -0.15) is 0 Å². The normalized spacial score (nSPS) is 19.8. The molecule has 0 spiro atoms. The second-order valence-corrected chi connectivity index (χ2v) is 8.20. The minimum Gasteiger partial charge on any atom is -0.379 e. The van der Waals surface area contributed by atoms with E-state index in [4.69, 9.17) is 4.74 Å². The Morgan fingerprint density at radius 1 is 1.19 bits per heavy atom. The number of nitrogens with one attached hydrogen (secondary N) is 1. The highest BCUT2D eigenvalue weighted by molar-refractivity contribution is 7.90. The summed E-state index contributed by atoms with van der Waals surface area (Å²) in [7, 11) is -3.81. The highest BCUT2D eigenvalue weighted by Gasteiger charge is 2.31. The Balaban J connectivity index is 1.90. The third kappa shape index (κ3) is 4.06. The molecule has 0 aliphatic carbocycles. The van der Waals surface area contributed by atoms with Gasteiger partial charge in [-0.05, 0) is 36.2 Å². The minimum absolute atomic E-state index is 0.344. The van der Waals surface area contributed by atoms with E-state index >= 15 is 0 Å². The predicted molar refractivity (Wildman–Crippen MR) is 93.3 cm³/mol. The molecule has 1 N–H and O–H groups in total. The van der Waals surface area contributed by atoms with Crippen molar-refractivity contribution in [2.75, 3.05) is 18.2 Å². The number of nitro groups is 1. The Morgan fingerprint density at radius 2 is 1.93 bits per heavy atom. The maximum atomic E-state index is 13.5. The molecule has 2 atom stereocenters. The monoisotopic (exact) mass is 398 g/mol. The summed E-state index contributed by atoms with van der Waals surface area (Å²) >= 11 is 0. The molecule has 0 aromatic heterocycles. The van der Waals surface area contributed by atoms with Gasteiger partial charge in [-0.25, -0.2) is 17.2 Å². The van der Waals surface area contributed by atoms with Crippen LogP contribution in [0.15, 0.2) is 41.3 Å². The van der Waals surface area contributed by atoms with Crippen LogP contribution in [0, 0.1) is 21.7 Å². The number of nitrogens with zero attached hydrogens (tertiary/aromatic N) is 1. The summed E-state index contributed by atoms with van der Waals surface area (Å²) < 4.78 is 56.0. The fraction of sp³-hybridized carbons (Fsp3) is 0.294. The summed E-state index contributed by atoms with van der Waals surface area (Å²) in [5.74, 6) is -1.95. The van der Waals surface area contributed by atoms with Crippen LogP contribution < -0.4 is 5.32 Å². The minimum atomic E-state index is -3.81. The molecule has 3 rings (SSSR count). The fourth-order valence-electron chi connectivity index (χ4n) is 3.02. The molecule has 0 amide bonds. The van der Waals surface area contributed by atoms with Gasteiger partial charge in [-0.3, -0.25) is 10.1 Å². The lowest BCUT2D eigenvalue weighted by atomic mass is 10.0. The van der Waals surface area contributed by atoms with Crippen LogP contribution in [-0.4, -0.2) is 32.2 Å². The molecule has 27 heavy (non-hydrogen) atoms. The molecule has 1 heterocycles. The van der Waals surface area contributed by atoms with Crippen LogP contribution >= 0.6 is 0 Å². The molecule has 7 nitrogen and oxygen atoms in total. The summed E-state index contributed by atoms with van der Waals surface area (Å²) in [5, 5.41) is 14.1. The fourth-order valence-corrected chi connectivity index (χ4v) is 3.88. The van der Waals surface area contributed by atoms with Crippen molar-refractivity contribution in [1.82, 2.24) is 0 Å². The van der Waals surface area contributed by atoms with Gasteiger partial charge in [0.05, 0.1) is 11.0 Å². The molecule has 1 aliphatic heterocycles. The smallest absolute Gasteiger partial charge is 0.288 e. The van der Waals surface area contributed by atoms with Crippen molar-refractivity contribution in [3.05, 3.63) is 63.7 Å². The van der Waals surface area contributed by atoms with E-state index < -0.39 is 43.1 Å². The molecule has 2 unspecified atom stereocenters. The maximum Gasteiger partial charge on any atom is 0.288 e. The zero-order valence-electron chi connectivity index (χ0n) is 14.2. The molecule has 1 fully saturated rings. The molecule has 1 saturated heterocycles. The van der Waals surface area contributed by atoms with E-state index in [9.17, 15) is 27.3 Å². The zero-order chi connectivity index (χ0) is 19.8. The van der Waals surface area contributed by atoms with E-state index in [-0.39, 0.29) is 6.04 Å². The summed E-state index contributed by atoms with van der Waals surface area (Å²) in [6.45, 7) is 0.368. The molecular formula is C17H16F2N2O5S. The SMILES string of the molecule is CS(=O)(=O)c1cc(NC2CCOC2c2ccc(F)c(F)c2)ccc1[N+](=O)[O-]. The topological polar surface area (TPSA) is 98.5 Å². The van der Waals surface area contributed by atoms with Crippen LogP contribution in [0.1, 0.15) is 18.1 Å². The standard InChI is InChI=1S/C17H16F2N2O5S/c1-27(24,25)16-9-11(3-5-15(16)21(22)23)20-14-6-7-26-17(14)10-2-4-12(18)13(19)8-10/h2-5,8-9,14,17,20H,6-7H2,1H3. The van der Waals surface area contributed by atoms with Gasteiger partial charge in [-0.15, -0.1) is 0 Å². The predicted octanol–water partition coefficient (Wildman–Crippen LogP) is 3.22. The van der Waals surface area contributed by atoms with Gasteiger partial charge >= 0.3 is 0 Å². The van der Waals surface area contributed by atoms with Crippen LogP contribution in [0.2, 0.25) is 0 Å². The van der Waals surface area contributed by atoms with Gasteiger partial charge in [0.15, 0.2) is 21.5 Å². The van der Waals surface area contributed by atoms with E-state index in [1.54, 1.807) is 0 Å². The van der Waals surface area contributed by atoms with Crippen molar-refractivity contribution in [2.24, 2.45) is 0 Å². The first-order valence-electron chi connectivity index (χ1n) is 7.98. The van der Waals surface area contributed by atoms with Crippen LogP contribution in [0.4, 0.5) is 20.2 Å². The number of sulfone groups is 1. The molecular weight excluding hydrogens is 382 g/mol. The third-order valence-corrected chi connectivity index (χ3v) is 5.40. The van der Waals surface area contributed by atoms with Crippen molar-refractivity contribution in [2.45, 2.75) is 23.5 Å². The van der Waals surface area contributed by atoms with Crippen LogP contribution in [0.25, 0.3) is 0 Å². The van der Waals surface area contributed by atoms with Crippen molar-refractivity contribution in [3.63, 3.8) is 0 Å². The number of ether oxygens (including phenoxy) is 1. The van der Waals surface area contributed by atoms with Crippen LogP contribution in [0.3, 0.4) is 0 Å². The molecule has 1 aliphatic rings.